The van der Waals surface area contributed by atoms with Crippen LogP contribution in [0.5, 0.6) is 0 Å². The summed E-state index contributed by atoms with van der Waals surface area (Å²) in [7, 11) is 0. The molecule has 0 spiro atoms. The van der Waals surface area contributed by atoms with Crippen molar-refractivity contribution >= 4 is 33.2 Å². The van der Waals surface area contributed by atoms with Crippen LogP contribution in [0.3, 0.4) is 0 Å². The van der Waals surface area contributed by atoms with E-state index in [1.807, 2.05) is 24.4 Å². The molecule has 134 valence electrons. The third-order valence-corrected chi connectivity index (χ3v) is 3.96. The van der Waals surface area contributed by atoms with Gasteiger partial charge in [-0.2, -0.15) is 10.2 Å². The van der Waals surface area contributed by atoms with Gasteiger partial charge in [-0.1, -0.05) is 12.1 Å². The number of amides is 1. The first-order valence-corrected chi connectivity index (χ1v) is 8.52. The molecule has 9 nitrogen and oxygen atoms in total. The van der Waals surface area contributed by atoms with E-state index >= 15 is 0 Å². The predicted molar refractivity (Wildman–Crippen MR) is 97.6 cm³/mol. The van der Waals surface area contributed by atoms with Crippen LogP contribution >= 0.6 is 15.9 Å². The van der Waals surface area contributed by atoms with Gasteiger partial charge in [0.15, 0.2) is 0 Å². The Hall–Kier alpha value is -3.01. The number of anilines is 1. The number of carbonyl (C=O) groups excluding carboxylic acids is 1. The Labute approximate surface area is 156 Å². The second-order valence-electron chi connectivity index (χ2n) is 5.57. The smallest absolute Gasteiger partial charge is 0.306 e. The highest BCUT2D eigenvalue weighted by atomic mass is 79.9. The third-order valence-electron chi connectivity index (χ3n) is 3.56. The molecule has 0 radical (unpaired) electrons. The number of rotatable bonds is 7. The van der Waals surface area contributed by atoms with Gasteiger partial charge in [0.2, 0.25) is 5.91 Å². The molecule has 1 N–H and O–H groups in total. The van der Waals surface area contributed by atoms with Crippen LogP contribution < -0.4 is 5.32 Å². The van der Waals surface area contributed by atoms with Crippen molar-refractivity contribution in [3.05, 3.63) is 69.2 Å². The normalized spacial score (nSPS) is 10.7. The minimum absolute atomic E-state index is 0.0941. The summed E-state index contributed by atoms with van der Waals surface area (Å²) in [4.78, 5) is 22.2. The number of carbonyl (C=O) groups is 1. The fraction of sp³-hybridized carbons (Fsp3) is 0.188. The average molecular weight is 419 g/mol. The summed E-state index contributed by atoms with van der Waals surface area (Å²) in [6.07, 6.45) is 6.21. The fourth-order valence-corrected chi connectivity index (χ4v) is 2.70. The predicted octanol–water partition coefficient (Wildman–Crippen LogP) is 2.83. The number of hydrogen-bond acceptors (Lipinski definition) is 5. The summed E-state index contributed by atoms with van der Waals surface area (Å²) in [5, 5.41) is 21.5. The van der Waals surface area contributed by atoms with E-state index in [0.29, 0.717) is 12.2 Å². The lowest BCUT2D eigenvalue weighted by Crippen LogP contribution is -2.15. The Balaban J connectivity index is 1.55. The van der Waals surface area contributed by atoms with E-state index in [9.17, 15) is 14.9 Å². The molecule has 26 heavy (non-hydrogen) atoms. The van der Waals surface area contributed by atoms with E-state index in [2.05, 4.69) is 31.4 Å². The van der Waals surface area contributed by atoms with Gasteiger partial charge in [-0.15, -0.1) is 0 Å². The maximum absolute atomic E-state index is 12.1. The Morgan fingerprint density at radius 1 is 1.23 bits per heavy atom. The lowest BCUT2D eigenvalue weighted by molar-refractivity contribution is -0.385. The van der Waals surface area contributed by atoms with Gasteiger partial charge in [-0.3, -0.25) is 24.3 Å². The second kappa shape index (κ2) is 7.91. The zero-order chi connectivity index (χ0) is 18.5. The molecule has 0 aliphatic rings. The number of hydrogen-bond donors (Lipinski definition) is 1. The minimum Gasteiger partial charge on any atom is -0.326 e. The van der Waals surface area contributed by atoms with Crippen LogP contribution in [0.2, 0.25) is 0 Å². The number of nitro groups is 1. The largest absolute Gasteiger partial charge is 0.326 e. The summed E-state index contributed by atoms with van der Waals surface area (Å²) in [6.45, 7) is 0.854. The van der Waals surface area contributed by atoms with E-state index in [4.69, 9.17) is 0 Å². The molecule has 0 saturated carbocycles. The number of nitrogens with one attached hydrogen (secondary N) is 1. The Morgan fingerprint density at radius 2 is 2.04 bits per heavy atom. The van der Waals surface area contributed by atoms with Crippen LogP contribution in [0.4, 0.5) is 11.4 Å². The number of benzene rings is 1. The van der Waals surface area contributed by atoms with Gasteiger partial charge in [-0.25, -0.2) is 0 Å². The van der Waals surface area contributed by atoms with Gasteiger partial charge in [0.1, 0.15) is 12.4 Å². The van der Waals surface area contributed by atoms with E-state index in [-0.39, 0.29) is 24.6 Å². The molecule has 0 aliphatic carbocycles. The molecule has 1 aromatic carbocycles. The highest BCUT2D eigenvalue weighted by molar-refractivity contribution is 9.10. The lowest BCUT2D eigenvalue weighted by atomic mass is 10.2. The molecule has 0 fully saturated rings. The zero-order valence-corrected chi connectivity index (χ0v) is 15.2. The zero-order valence-electron chi connectivity index (χ0n) is 13.6. The molecule has 3 rings (SSSR count). The van der Waals surface area contributed by atoms with Crippen molar-refractivity contribution < 1.29 is 9.72 Å². The molecule has 10 heteroatoms. The standard InChI is InChI=1S/C16H15BrN6O3/c17-13-7-18-22(10-13)9-12-2-1-3-14(6-12)20-16(24)4-5-21-11-15(8-19-21)23(25)26/h1-3,6-8,10-11H,4-5,9H2,(H,20,24). The average Bonchev–Trinajstić information content (AvgIpc) is 3.22. The molecule has 0 saturated heterocycles. The summed E-state index contributed by atoms with van der Waals surface area (Å²) in [6, 6.07) is 7.50. The van der Waals surface area contributed by atoms with Gasteiger partial charge in [0, 0.05) is 24.8 Å². The summed E-state index contributed by atoms with van der Waals surface area (Å²) in [5.74, 6) is -0.192. The van der Waals surface area contributed by atoms with E-state index in [1.165, 1.54) is 10.9 Å². The second-order valence-corrected chi connectivity index (χ2v) is 6.49. The molecular formula is C16H15BrN6O3. The van der Waals surface area contributed by atoms with Gasteiger partial charge in [-0.05, 0) is 33.6 Å². The number of aromatic nitrogens is 4. The molecule has 2 aromatic heterocycles. The monoisotopic (exact) mass is 418 g/mol. The molecule has 3 aromatic rings. The van der Waals surface area contributed by atoms with Crippen LogP contribution in [0.25, 0.3) is 0 Å². The Kier molecular flexibility index (Phi) is 5.42. The van der Waals surface area contributed by atoms with Crippen molar-refractivity contribution in [2.75, 3.05) is 5.32 Å². The summed E-state index contributed by atoms with van der Waals surface area (Å²) < 4.78 is 4.07. The number of halogens is 1. The summed E-state index contributed by atoms with van der Waals surface area (Å²) >= 11 is 3.35. The molecule has 2 heterocycles. The maximum atomic E-state index is 12.1. The highest BCUT2D eigenvalue weighted by Gasteiger charge is 2.10. The third kappa shape index (κ3) is 4.76. The fourth-order valence-electron chi connectivity index (χ4n) is 2.37. The molecule has 0 bridgehead atoms. The summed E-state index contributed by atoms with van der Waals surface area (Å²) in [5.41, 5.74) is 1.59. The van der Waals surface area contributed by atoms with Crippen LogP contribution in [-0.2, 0) is 17.9 Å². The first kappa shape index (κ1) is 17.8. The van der Waals surface area contributed by atoms with Gasteiger partial charge >= 0.3 is 5.69 Å². The number of nitrogens with zero attached hydrogens (tertiary/aromatic N) is 5. The molecular weight excluding hydrogens is 404 g/mol. The van der Waals surface area contributed by atoms with Crippen LogP contribution in [-0.4, -0.2) is 30.4 Å². The first-order valence-electron chi connectivity index (χ1n) is 7.73. The van der Waals surface area contributed by atoms with E-state index < -0.39 is 4.92 Å². The number of aryl methyl sites for hydroxylation is 1. The Morgan fingerprint density at radius 3 is 2.73 bits per heavy atom. The van der Waals surface area contributed by atoms with Crippen molar-refractivity contribution in [3.8, 4) is 0 Å². The quantitative estimate of drug-likeness (QED) is 0.468. The molecule has 0 atom stereocenters. The van der Waals surface area contributed by atoms with E-state index in [1.54, 1.807) is 16.9 Å². The van der Waals surface area contributed by atoms with Crippen molar-refractivity contribution in [2.45, 2.75) is 19.5 Å². The highest BCUT2D eigenvalue weighted by Crippen LogP contribution is 2.14. The SMILES string of the molecule is O=C(CCn1cc([N+](=O)[O-])cn1)Nc1cccc(Cn2cc(Br)cn2)c1. The molecule has 0 unspecified atom stereocenters. The minimum atomic E-state index is -0.521. The first-order chi connectivity index (χ1) is 12.5. The van der Waals surface area contributed by atoms with E-state index in [0.717, 1.165) is 16.2 Å². The lowest BCUT2D eigenvalue weighted by Gasteiger charge is -2.08. The van der Waals surface area contributed by atoms with Crippen LogP contribution in [0.15, 0.2) is 53.5 Å². The van der Waals surface area contributed by atoms with Crippen LogP contribution in [0, 0.1) is 10.1 Å². The van der Waals surface area contributed by atoms with Gasteiger partial charge in [0.25, 0.3) is 0 Å². The maximum Gasteiger partial charge on any atom is 0.306 e. The van der Waals surface area contributed by atoms with Gasteiger partial charge < -0.3 is 5.32 Å². The van der Waals surface area contributed by atoms with Crippen molar-refractivity contribution in [1.29, 1.82) is 0 Å². The topological polar surface area (TPSA) is 108 Å². The van der Waals surface area contributed by atoms with Gasteiger partial charge in [0.05, 0.1) is 22.1 Å². The van der Waals surface area contributed by atoms with Crippen molar-refractivity contribution in [2.24, 2.45) is 0 Å². The Bertz CT molecular complexity index is 935. The van der Waals surface area contributed by atoms with Crippen LogP contribution in [0.1, 0.15) is 12.0 Å². The molecule has 1 amide bonds. The van der Waals surface area contributed by atoms with Crippen molar-refractivity contribution in [1.82, 2.24) is 19.6 Å². The van der Waals surface area contributed by atoms with Crippen molar-refractivity contribution in [3.63, 3.8) is 0 Å². The molecule has 0 aliphatic heterocycles.